The molecule has 7 nitrogen and oxygen atoms in total. The molecule has 7 rings (SSSR count). The van der Waals surface area contributed by atoms with Crippen LogP contribution in [-0.4, -0.2) is 39.3 Å². The van der Waals surface area contributed by atoms with E-state index in [-0.39, 0.29) is 18.1 Å². The van der Waals surface area contributed by atoms with Gasteiger partial charge in [0.1, 0.15) is 11.9 Å². The molecule has 2 aliphatic heterocycles. The first-order valence-electron chi connectivity index (χ1n) is 13.4. The van der Waals surface area contributed by atoms with Crippen molar-refractivity contribution in [2.24, 2.45) is 5.92 Å². The topological polar surface area (TPSA) is 91.9 Å². The highest BCUT2D eigenvalue weighted by Crippen LogP contribution is 2.40. The molecular formula is C30H31N5O2. The molecule has 37 heavy (non-hydrogen) atoms. The average molecular weight is 494 g/mol. The summed E-state index contributed by atoms with van der Waals surface area (Å²) in [6, 6.07) is 20.9. The smallest absolute Gasteiger partial charge is 0.251 e. The summed E-state index contributed by atoms with van der Waals surface area (Å²) >= 11 is 0. The molecule has 1 amide bonds. The van der Waals surface area contributed by atoms with E-state index in [2.05, 4.69) is 37.9 Å². The standard InChI is InChI=1S/C30H31N5O2/c36-30(33-29(19-4-5-19)27-3-1-2-14-31-27)20-8-13-26-25(15-20)28(35-34-26)18-6-11-23(12-7-18)37-24-16-21-9-10-22(17-24)32-21/h1-3,6-8,11-15,19,21-22,24,29,32H,4-5,9-10,16-17H2,(H,33,36)(H,34,35)/t21-,22+,24+,29-/m0/s1. The quantitative estimate of drug-likeness (QED) is 0.330. The van der Waals surface area contributed by atoms with Gasteiger partial charge in [0.2, 0.25) is 0 Å². The summed E-state index contributed by atoms with van der Waals surface area (Å²) in [7, 11) is 0. The largest absolute Gasteiger partial charge is 0.490 e. The zero-order valence-corrected chi connectivity index (χ0v) is 20.7. The van der Waals surface area contributed by atoms with E-state index in [0.717, 1.165) is 59.3 Å². The molecule has 188 valence electrons. The van der Waals surface area contributed by atoms with Crippen molar-refractivity contribution in [2.75, 3.05) is 0 Å². The number of piperidine rings is 1. The Balaban J connectivity index is 1.09. The van der Waals surface area contributed by atoms with Gasteiger partial charge in [-0.15, -0.1) is 0 Å². The van der Waals surface area contributed by atoms with Crippen LogP contribution in [0.3, 0.4) is 0 Å². The van der Waals surface area contributed by atoms with Crippen molar-refractivity contribution in [3.8, 4) is 17.0 Å². The van der Waals surface area contributed by atoms with Crippen LogP contribution in [0.25, 0.3) is 22.2 Å². The summed E-state index contributed by atoms with van der Waals surface area (Å²) in [5.41, 5.74) is 4.27. The Bertz CT molecular complexity index is 1400. The lowest BCUT2D eigenvalue weighted by Gasteiger charge is -2.29. The Kier molecular flexibility index (Phi) is 5.65. The molecular weight excluding hydrogens is 462 g/mol. The van der Waals surface area contributed by atoms with Gasteiger partial charge < -0.3 is 15.4 Å². The number of amides is 1. The summed E-state index contributed by atoms with van der Waals surface area (Å²) in [4.78, 5) is 17.8. The monoisotopic (exact) mass is 493 g/mol. The third kappa shape index (κ3) is 4.60. The van der Waals surface area contributed by atoms with E-state index in [1.54, 1.807) is 6.20 Å². The molecule has 2 aromatic carbocycles. The zero-order valence-electron chi connectivity index (χ0n) is 20.7. The van der Waals surface area contributed by atoms with Crippen LogP contribution in [0.2, 0.25) is 0 Å². The van der Waals surface area contributed by atoms with Crippen molar-refractivity contribution in [1.82, 2.24) is 25.8 Å². The van der Waals surface area contributed by atoms with E-state index in [1.807, 2.05) is 48.5 Å². The first kappa shape index (κ1) is 22.5. The highest BCUT2D eigenvalue weighted by Gasteiger charge is 2.35. The SMILES string of the molecule is O=C(N[C@H](c1ccccn1)C1CC1)c1ccc2[nH]nc(-c3ccc(O[C@H]4C[C@H]5CC[C@@H](C4)N5)cc3)c2c1. The van der Waals surface area contributed by atoms with Crippen molar-refractivity contribution in [2.45, 2.75) is 62.8 Å². The molecule has 1 aliphatic carbocycles. The fourth-order valence-corrected chi connectivity index (χ4v) is 6.01. The van der Waals surface area contributed by atoms with Gasteiger partial charge in [-0.2, -0.15) is 5.10 Å². The molecule has 1 saturated carbocycles. The van der Waals surface area contributed by atoms with Gasteiger partial charge in [0.25, 0.3) is 5.91 Å². The number of carbonyl (C=O) groups excluding carboxylic acids is 1. The molecule has 2 aromatic heterocycles. The molecule has 7 heteroatoms. The summed E-state index contributed by atoms with van der Waals surface area (Å²) in [6.45, 7) is 0. The molecule has 4 aromatic rings. The molecule has 3 fully saturated rings. The van der Waals surface area contributed by atoms with Crippen LogP contribution in [0, 0.1) is 5.92 Å². The number of hydrogen-bond acceptors (Lipinski definition) is 5. The number of H-pyrrole nitrogens is 1. The van der Waals surface area contributed by atoms with Crippen LogP contribution in [-0.2, 0) is 0 Å². The van der Waals surface area contributed by atoms with Crippen molar-refractivity contribution in [1.29, 1.82) is 0 Å². The minimum Gasteiger partial charge on any atom is -0.490 e. The maximum Gasteiger partial charge on any atom is 0.251 e. The van der Waals surface area contributed by atoms with Crippen molar-refractivity contribution in [3.05, 3.63) is 78.1 Å². The number of nitrogens with one attached hydrogen (secondary N) is 3. The van der Waals surface area contributed by atoms with E-state index in [1.165, 1.54) is 12.8 Å². The second kappa shape index (κ2) is 9.30. The number of fused-ring (bicyclic) bond motifs is 3. The Morgan fingerprint density at radius 1 is 0.973 bits per heavy atom. The number of carbonyl (C=O) groups is 1. The Morgan fingerprint density at radius 3 is 2.51 bits per heavy atom. The van der Waals surface area contributed by atoms with E-state index in [9.17, 15) is 4.79 Å². The highest BCUT2D eigenvalue weighted by molar-refractivity contribution is 6.01. The van der Waals surface area contributed by atoms with Crippen molar-refractivity contribution in [3.63, 3.8) is 0 Å². The van der Waals surface area contributed by atoms with E-state index >= 15 is 0 Å². The highest BCUT2D eigenvalue weighted by atomic mass is 16.5. The number of aromatic nitrogens is 3. The van der Waals surface area contributed by atoms with E-state index in [0.29, 0.717) is 23.6 Å². The second-order valence-corrected chi connectivity index (χ2v) is 10.7. The third-order valence-electron chi connectivity index (χ3n) is 8.07. The number of rotatable bonds is 7. The minimum absolute atomic E-state index is 0.0594. The number of aromatic amines is 1. The molecule has 0 unspecified atom stereocenters. The molecule has 3 aliphatic rings. The number of ether oxygens (including phenoxy) is 1. The molecule has 3 N–H and O–H groups in total. The maximum absolute atomic E-state index is 13.3. The average Bonchev–Trinajstić information content (AvgIpc) is 3.60. The predicted octanol–water partition coefficient (Wildman–Crippen LogP) is 5.17. The van der Waals surface area contributed by atoms with Crippen LogP contribution in [0.1, 0.15) is 60.6 Å². The summed E-state index contributed by atoms with van der Waals surface area (Å²) in [5, 5.41) is 15.5. The molecule has 4 atom stereocenters. The van der Waals surface area contributed by atoms with Gasteiger partial charge in [-0.1, -0.05) is 6.07 Å². The normalized spacial score (nSPS) is 23.6. The molecule has 4 heterocycles. The van der Waals surface area contributed by atoms with Crippen LogP contribution >= 0.6 is 0 Å². The molecule has 2 saturated heterocycles. The van der Waals surface area contributed by atoms with Crippen molar-refractivity contribution < 1.29 is 9.53 Å². The summed E-state index contributed by atoms with van der Waals surface area (Å²) in [5.74, 6) is 1.26. The van der Waals surface area contributed by atoms with E-state index in [4.69, 9.17) is 4.74 Å². The fraction of sp³-hybridized carbons (Fsp3) is 0.367. The lowest BCUT2D eigenvalue weighted by molar-refractivity contribution is 0.0930. The Hall–Kier alpha value is -3.71. The van der Waals surface area contributed by atoms with Crippen LogP contribution in [0.4, 0.5) is 0 Å². The fourth-order valence-electron chi connectivity index (χ4n) is 6.01. The number of benzene rings is 2. The van der Waals surface area contributed by atoms with Gasteiger partial charge in [0.05, 0.1) is 22.9 Å². The van der Waals surface area contributed by atoms with E-state index < -0.39 is 0 Å². The summed E-state index contributed by atoms with van der Waals surface area (Å²) in [6.07, 6.45) is 8.98. The van der Waals surface area contributed by atoms with Gasteiger partial charge in [-0.25, -0.2) is 0 Å². The van der Waals surface area contributed by atoms with Crippen molar-refractivity contribution >= 4 is 16.8 Å². The van der Waals surface area contributed by atoms with Crippen LogP contribution in [0.5, 0.6) is 5.75 Å². The summed E-state index contributed by atoms with van der Waals surface area (Å²) < 4.78 is 6.32. The Morgan fingerprint density at radius 2 is 1.78 bits per heavy atom. The molecule has 0 spiro atoms. The third-order valence-corrected chi connectivity index (χ3v) is 8.07. The first-order chi connectivity index (χ1) is 18.2. The zero-order chi connectivity index (χ0) is 24.8. The maximum atomic E-state index is 13.3. The molecule has 0 radical (unpaired) electrons. The van der Waals surface area contributed by atoms with Gasteiger partial charge in [-0.3, -0.25) is 14.9 Å². The van der Waals surface area contributed by atoms with Crippen LogP contribution < -0.4 is 15.4 Å². The Labute approximate surface area is 216 Å². The minimum atomic E-state index is -0.0868. The number of pyridine rings is 1. The lowest BCUT2D eigenvalue weighted by atomic mass is 10.0. The first-order valence-corrected chi connectivity index (χ1v) is 13.4. The van der Waals surface area contributed by atoms with Gasteiger partial charge >= 0.3 is 0 Å². The van der Waals surface area contributed by atoms with Gasteiger partial charge in [0.15, 0.2) is 0 Å². The predicted molar refractivity (Wildman–Crippen MR) is 142 cm³/mol. The van der Waals surface area contributed by atoms with Crippen LogP contribution in [0.15, 0.2) is 66.9 Å². The second-order valence-electron chi connectivity index (χ2n) is 10.7. The number of hydrogen-bond donors (Lipinski definition) is 3. The lowest BCUT2D eigenvalue weighted by Crippen LogP contribution is -2.42. The van der Waals surface area contributed by atoms with Gasteiger partial charge in [-0.05, 0) is 99.0 Å². The number of nitrogens with zero attached hydrogens (tertiary/aromatic N) is 2. The van der Waals surface area contributed by atoms with Gasteiger partial charge in [0, 0.05) is 34.8 Å². The molecule has 2 bridgehead atoms.